The lowest BCUT2D eigenvalue weighted by atomic mass is 10.2. The minimum atomic E-state index is -4.28. The van der Waals surface area contributed by atoms with E-state index < -0.39 is 32.5 Å². The van der Waals surface area contributed by atoms with Crippen LogP contribution < -0.4 is 4.90 Å². The molecule has 1 aromatic heterocycles. The molecule has 0 amide bonds. The highest BCUT2D eigenvalue weighted by atomic mass is 32.2. The number of pyridine rings is 1. The van der Waals surface area contributed by atoms with Gasteiger partial charge in [-0.2, -0.15) is 4.31 Å². The summed E-state index contributed by atoms with van der Waals surface area (Å²) in [5.74, 6) is -2.12. The van der Waals surface area contributed by atoms with Crippen LogP contribution in [0.5, 0.6) is 0 Å². The Morgan fingerprint density at radius 2 is 1.75 bits per heavy atom. The number of rotatable bonds is 5. The molecular weight excluding hydrogens is 392 g/mol. The van der Waals surface area contributed by atoms with Gasteiger partial charge in [-0.15, -0.1) is 0 Å². The predicted octanol–water partition coefficient (Wildman–Crippen LogP) is 2.05. The van der Waals surface area contributed by atoms with Crippen molar-refractivity contribution >= 4 is 21.8 Å². The lowest BCUT2D eigenvalue weighted by Crippen LogP contribution is -2.49. The fourth-order valence-electron chi connectivity index (χ4n) is 2.92. The maximum atomic E-state index is 13.9. The number of piperazine rings is 1. The average Bonchev–Trinajstić information content (AvgIpc) is 2.68. The second-order valence-corrected chi connectivity index (χ2v) is 7.94. The molecule has 0 N–H and O–H groups in total. The molecule has 28 heavy (non-hydrogen) atoms. The number of sulfonamides is 1. The fraction of sp³-hybridized carbons (Fsp3) is 0.333. The van der Waals surface area contributed by atoms with E-state index in [0.717, 1.165) is 22.5 Å². The first-order chi connectivity index (χ1) is 13.3. The SMILES string of the molecule is CCOC(=O)c1ccc(N2CCN(S(=O)(=O)c3c(F)cccc3F)CC2)nc1. The molecule has 0 aliphatic carbocycles. The first-order valence-corrected chi connectivity index (χ1v) is 10.1. The van der Waals surface area contributed by atoms with Crippen molar-refractivity contribution in [3.05, 3.63) is 53.7 Å². The smallest absolute Gasteiger partial charge is 0.339 e. The molecule has 0 unspecified atom stereocenters. The lowest BCUT2D eigenvalue weighted by Gasteiger charge is -2.34. The Balaban J connectivity index is 1.70. The minimum Gasteiger partial charge on any atom is -0.462 e. The zero-order chi connectivity index (χ0) is 20.3. The van der Waals surface area contributed by atoms with Gasteiger partial charge in [0.15, 0.2) is 4.90 Å². The first-order valence-electron chi connectivity index (χ1n) is 8.67. The summed E-state index contributed by atoms with van der Waals surface area (Å²) in [6.07, 6.45) is 1.39. The molecule has 1 aromatic carbocycles. The average molecular weight is 411 g/mol. The number of carbonyl (C=O) groups is 1. The highest BCUT2D eigenvalue weighted by Gasteiger charge is 2.33. The summed E-state index contributed by atoms with van der Waals surface area (Å²) in [6.45, 7) is 2.66. The van der Waals surface area contributed by atoms with E-state index in [9.17, 15) is 22.0 Å². The molecule has 0 bridgehead atoms. The number of esters is 1. The van der Waals surface area contributed by atoms with Crippen LogP contribution in [0.4, 0.5) is 14.6 Å². The summed E-state index contributed by atoms with van der Waals surface area (Å²) in [6, 6.07) is 6.18. The monoisotopic (exact) mass is 411 g/mol. The van der Waals surface area contributed by atoms with Gasteiger partial charge in [-0.1, -0.05) is 6.07 Å². The maximum Gasteiger partial charge on any atom is 0.339 e. The van der Waals surface area contributed by atoms with Gasteiger partial charge < -0.3 is 9.64 Å². The van der Waals surface area contributed by atoms with Crippen LogP contribution in [0, 0.1) is 11.6 Å². The van der Waals surface area contributed by atoms with Crippen molar-refractivity contribution < 1.29 is 26.7 Å². The summed E-state index contributed by atoms with van der Waals surface area (Å²) >= 11 is 0. The van der Waals surface area contributed by atoms with Crippen molar-refractivity contribution in [3.63, 3.8) is 0 Å². The Kier molecular flexibility index (Phi) is 5.90. The number of hydrogen-bond acceptors (Lipinski definition) is 6. The Hall–Kier alpha value is -2.59. The molecule has 0 radical (unpaired) electrons. The molecule has 0 spiro atoms. The van der Waals surface area contributed by atoms with E-state index in [-0.39, 0.29) is 19.7 Å². The van der Waals surface area contributed by atoms with Crippen molar-refractivity contribution in [2.75, 3.05) is 37.7 Å². The lowest BCUT2D eigenvalue weighted by molar-refractivity contribution is 0.0526. The van der Waals surface area contributed by atoms with Crippen LogP contribution in [-0.2, 0) is 14.8 Å². The molecule has 0 saturated carbocycles. The van der Waals surface area contributed by atoms with E-state index in [2.05, 4.69) is 4.98 Å². The molecule has 1 saturated heterocycles. The summed E-state index contributed by atoms with van der Waals surface area (Å²) < 4.78 is 59.0. The molecule has 2 aromatic rings. The summed E-state index contributed by atoms with van der Waals surface area (Å²) in [5.41, 5.74) is 0.321. The van der Waals surface area contributed by atoms with Crippen LogP contribution in [0.25, 0.3) is 0 Å². The predicted molar refractivity (Wildman–Crippen MR) is 97.5 cm³/mol. The van der Waals surface area contributed by atoms with E-state index >= 15 is 0 Å². The number of benzene rings is 1. The van der Waals surface area contributed by atoms with Crippen LogP contribution in [-0.4, -0.2) is 56.5 Å². The van der Waals surface area contributed by atoms with Crippen molar-refractivity contribution in [1.82, 2.24) is 9.29 Å². The largest absolute Gasteiger partial charge is 0.462 e. The number of hydrogen-bond donors (Lipinski definition) is 0. The highest BCUT2D eigenvalue weighted by molar-refractivity contribution is 7.89. The number of carbonyl (C=O) groups excluding carboxylic acids is 1. The molecule has 1 aliphatic rings. The quantitative estimate of drug-likeness (QED) is 0.701. The molecule has 7 nitrogen and oxygen atoms in total. The number of aromatic nitrogens is 1. The zero-order valence-corrected chi connectivity index (χ0v) is 16.0. The fourth-order valence-corrected chi connectivity index (χ4v) is 4.46. The molecule has 2 heterocycles. The van der Waals surface area contributed by atoms with Crippen LogP contribution in [0.15, 0.2) is 41.4 Å². The molecule has 0 atom stereocenters. The molecule has 150 valence electrons. The summed E-state index contributed by atoms with van der Waals surface area (Å²) in [5, 5.41) is 0. The van der Waals surface area contributed by atoms with Gasteiger partial charge in [0, 0.05) is 32.4 Å². The number of ether oxygens (including phenoxy) is 1. The Labute approximate surface area is 161 Å². The van der Waals surface area contributed by atoms with Gasteiger partial charge in [0.25, 0.3) is 0 Å². The van der Waals surface area contributed by atoms with Crippen molar-refractivity contribution in [2.45, 2.75) is 11.8 Å². The third kappa shape index (κ3) is 3.97. The standard InChI is InChI=1S/C18H19F2N3O4S/c1-2-27-18(24)13-6-7-16(21-12-13)22-8-10-23(11-9-22)28(25,26)17-14(19)4-3-5-15(17)20/h3-7,12H,2,8-11H2,1H3. The molecule has 10 heteroatoms. The number of nitrogens with zero attached hydrogens (tertiary/aromatic N) is 3. The third-order valence-electron chi connectivity index (χ3n) is 4.34. The second-order valence-electron chi connectivity index (χ2n) is 6.07. The van der Waals surface area contributed by atoms with Gasteiger partial charge in [-0.25, -0.2) is 27.0 Å². The molecule has 1 aliphatic heterocycles. The van der Waals surface area contributed by atoms with Crippen LogP contribution >= 0.6 is 0 Å². The normalized spacial score (nSPS) is 15.5. The molecular formula is C18H19F2N3O4S. The van der Waals surface area contributed by atoms with E-state index in [1.165, 1.54) is 6.20 Å². The summed E-state index contributed by atoms with van der Waals surface area (Å²) in [4.78, 5) is 16.8. The third-order valence-corrected chi connectivity index (χ3v) is 6.29. The van der Waals surface area contributed by atoms with Crippen molar-refractivity contribution in [2.24, 2.45) is 0 Å². The summed E-state index contributed by atoms with van der Waals surface area (Å²) in [7, 11) is -4.28. The van der Waals surface area contributed by atoms with Gasteiger partial charge in [0.05, 0.1) is 12.2 Å². The van der Waals surface area contributed by atoms with Gasteiger partial charge in [0.1, 0.15) is 17.5 Å². The van der Waals surface area contributed by atoms with Gasteiger partial charge in [-0.3, -0.25) is 0 Å². The van der Waals surface area contributed by atoms with E-state index in [1.807, 2.05) is 4.90 Å². The van der Waals surface area contributed by atoms with Crippen LogP contribution in [0.1, 0.15) is 17.3 Å². The first kappa shape index (κ1) is 20.2. The Morgan fingerprint density at radius 3 is 2.29 bits per heavy atom. The topological polar surface area (TPSA) is 79.8 Å². The van der Waals surface area contributed by atoms with Gasteiger partial charge in [0.2, 0.25) is 10.0 Å². The minimum absolute atomic E-state index is 0.0530. The second kappa shape index (κ2) is 8.19. The van der Waals surface area contributed by atoms with Crippen LogP contribution in [0.2, 0.25) is 0 Å². The zero-order valence-electron chi connectivity index (χ0n) is 15.1. The van der Waals surface area contributed by atoms with Gasteiger partial charge in [-0.05, 0) is 31.2 Å². The van der Waals surface area contributed by atoms with E-state index in [1.54, 1.807) is 19.1 Å². The Bertz CT molecular complexity index is 939. The van der Waals surface area contributed by atoms with Crippen molar-refractivity contribution in [3.8, 4) is 0 Å². The highest BCUT2D eigenvalue weighted by Crippen LogP contribution is 2.24. The van der Waals surface area contributed by atoms with Gasteiger partial charge >= 0.3 is 5.97 Å². The van der Waals surface area contributed by atoms with E-state index in [0.29, 0.717) is 24.5 Å². The molecule has 3 rings (SSSR count). The van der Waals surface area contributed by atoms with Crippen molar-refractivity contribution in [1.29, 1.82) is 0 Å². The number of anilines is 1. The van der Waals surface area contributed by atoms with Crippen LogP contribution in [0.3, 0.4) is 0 Å². The van der Waals surface area contributed by atoms with E-state index in [4.69, 9.17) is 4.74 Å². The Morgan fingerprint density at radius 1 is 1.11 bits per heavy atom. The number of halogens is 2. The maximum absolute atomic E-state index is 13.9. The molecule has 1 fully saturated rings.